The largest absolute Gasteiger partial charge is 0.330 e. The van der Waals surface area contributed by atoms with Crippen LogP contribution in [0.2, 0.25) is 0 Å². The van der Waals surface area contributed by atoms with Crippen molar-refractivity contribution in [1.82, 2.24) is 10.2 Å². The van der Waals surface area contributed by atoms with E-state index in [2.05, 4.69) is 22.3 Å². The van der Waals surface area contributed by atoms with Gasteiger partial charge in [-0.25, -0.2) is 0 Å². The van der Waals surface area contributed by atoms with Gasteiger partial charge in [-0.3, -0.25) is 5.10 Å². The molecular formula is C12H15N3. The van der Waals surface area contributed by atoms with Crippen LogP contribution in [0.4, 0.5) is 0 Å². The lowest BCUT2D eigenvalue weighted by molar-refractivity contribution is 0.957. The van der Waals surface area contributed by atoms with E-state index in [0.717, 1.165) is 23.4 Å². The molecule has 0 atom stereocenters. The molecule has 1 aromatic carbocycles. The third kappa shape index (κ3) is 1.92. The predicted octanol–water partition coefficient (Wildman–Crippen LogP) is 1.89. The lowest BCUT2D eigenvalue weighted by Gasteiger charge is -2.01. The summed E-state index contributed by atoms with van der Waals surface area (Å²) < 4.78 is 0. The standard InChI is InChI=1S/C12H15N3/c1-9-11(7-8-13)12(15-14-9)10-5-3-2-4-6-10/h2-6H,7-8,13H2,1H3,(H,14,15). The molecule has 0 aliphatic rings. The second-order valence-electron chi connectivity index (χ2n) is 3.58. The maximum absolute atomic E-state index is 5.59. The number of nitrogens with zero attached hydrogens (tertiary/aromatic N) is 1. The molecule has 2 rings (SSSR count). The molecule has 3 N–H and O–H groups in total. The number of aromatic nitrogens is 2. The predicted molar refractivity (Wildman–Crippen MR) is 61.5 cm³/mol. The monoisotopic (exact) mass is 201 g/mol. The van der Waals surface area contributed by atoms with Crippen molar-refractivity contribution < 1.29 is 0 Å². The maximum atomic E-state index is 5.59. The number of benzene rings is 1. The van der Waals surface area contributed by atoms with Crippen molar-refractivity contribution in [3.05, 3.63) is 41.6 Å². The van der Waals surface area contributed by atoms with Gasteiger partial charge in [0.2, 0.25) is 0 Å². The molecule has 0 radical (unpaired) electrons. The minimum Gasteiger partial charge on any atom is -0.330 e. The highest BCUT2D eigenvalue weighted by molar-refractivity contribution is 5.63. The average Bonchev–Trinajstić information content (AvgIpc) is 2.63. The Morgan fingerprint density at radius 2 is 2.00 bits per heavy atom. The highest BCUT2D eigenvalue weighted by atomic mass is 15.1. The van der Waals surface area contributed by atoms with Gasteiger partial charge in [0.25, 0.3) is 0 Å². The van der Waals surface area contributed by atoms with Gasteiger partial charge < -0.3 is 5.73 Å². The van der Waals surface area contributed by atoms with Crippen LogP contribution in [0, 0.1) is 6.92 Å². The summed E-state index contributed by atoms with van der Waals surface area (Å²) in [5.74, 6) is 0. The van der Waals surface area contributed by atoms with Gasteiger partial charge in [0.05, 0.1) is 5.69 Å². The molecule has 1 aromatic heterocycles. The van der Waals surface area contributed by atoms with Gasteiger partial charge in [0, 0.05) is 16.8 Å². The average molecular weight is 201 g/mol. The van der Waals surface area contributed by atoms with E-state index in [9.17, 15) is 0 Å². The van der Waals surface area contributed by atoms with Gasteiger partial charge in [-0.05, 0) is 19.9 Å². The number of hydrogen-bond acceptors (Lipinski definition) is 2. The molecule has 0 saturated carbocycles. The summed E-state index contributed by atoms with van der Waals surface area (Å²) in [6.07, 6.45) is 0.868. The Kier molecular flexibility index (Phi) is 2.83. The number of nitrogens with one attached hydrogen (secondary N) is 1. The van der Waals surface area contributed by atoms with Crippen molar-refractivity contribution in [3.63, 3.8) is 0 Å². The summed E-state index contributed by atoms with van der Waals surface area (Å²) >= 11 is 0. The Labute approximate surface area is 89.3 Å². The molecule has 3 heteroatoms. The number of aryl methyl sites for hydroxylation is 1. The first-order chi connectivity index (χ1) is 7.33. The lowest BCUT2D eigenvalue weighted by atomic mass is 10.0. The van der Waals surface area contributed by atoms with Gasteiger partial charge in [-0.2, -0.15) is 5.10 Å². The van der Waals surface area contributed by atoms with Crippen molar-refractivity contribution in [2.24, 2.45) is 5.73 Å². The molecule has 0 unspecified atom stereocenters. The number of hydrogen-bond donors (Lipinski definition) is 2. The Balaban J connectivity index is 2.44. The topological polar surface area (TPSA) is 54.7 Å². The van der Waals surface area contributed by atoms with Crippen LogP contribution < -0.4 is 5.73 Å². The zero-order valence-corrected chi connectivity index (χ0v) is 8.83. The molecular weight excluding hydrogens is 186 g/mol. The van der Waals surface area contributed by atoms with E-state index in [4.69, 9.17) is 5.73 Å². The van der Waals surface area contributed by atoms with Gasteiger partial charge >= 0.3 is 0 Å². The van der Waals surface area contributed by atoms with E-state index in [1.807, 2.05) is 25.1 Å². The zero-order valence-electron chi connectivity index (χ0n) is 8.83. The number of nitrogens with two attached hydrogens (primary N) is 1. The molecule has 0 bridgehead atoms. The third-order valence-corrected chi connectivity index (χ3v) is 2.52. The molecule has 78 valence electrons. The van der Waals surface area contributed by atoms with Crippen molar-refractivity contribution >= 4 is 0 Å². The van der Waals surface area contributed by atoms with Crippen molar-refractivity contribution in [1.29, 1.82) is 0 Å². The second-order valence-corrected chi connectivity index (χ2v) is 3.58. The number of H-pyrrole nitrogens is 1. The van der Waals surface area contributed by atoms with Gasteiger partial charge in [0.1, 0.15) is 0 Å². The minimum atomic E-state index is 0.653. The van der Waals surface area contributed by atoms with E-state index in [0.29, 0.717) is 6.54 Å². The van der Waals surface area contributed by atoms with Gasteiger partial charge in [0.15, 0.2) is 0 Å². The highest BCUT2D eigenvalue weighted by Gasteiger charge is 2.10. The summed E-state index contributed by atoms with van der Waals surface area (Å²) in [6, 6.07) is 10.2. The minimum absolute atomic E-state index is 0.653. The maximum Gasteiger partial charge on any atom is 0.0955 e. The number of aromatic amines is 1. The molecule has 0 saturated heterocycles. The fraction of sp³-hybridized carbons (Fsp3) is 0.250. The van der Waals surface area contributed by atoms with E-state index >= 15 is 0 Å². The summed E-state index contributed by atoms with van der Waals surface area (Å²) in [4.78, 5) is 0. The first-order valence-electron chi connectivity index (χ1n) is 5.12. The summed E-state index contributed by atoms with van der Waals surface area (Å²) in [6.45, 7) is 2.69. The SMILES string of the molecule is Cc1[nH]nc(-c2ccccc2)c1CCN. The molecule has 0 amide bonds. The Morgan fingerprint density at radius 3 is 2.67 bits per heavy atom. The van der Waals surface area contributed by atoms with Crippen LogP contribution in [-0.4, -0.2) is 16.7 Å². The Bertz CT molecular complexity index is 431. The molecule has 0 fully saturated rings. The van der Waals surface area contributed by atoms with Crippen LogP contribution in [0.3, 0.4) is 0 Å². The van der Waals surface area contributed by atoms with Crippen LogP contribution in [0.25, 0.3) is 11.3 Å². The van der Waals surface area contributed by atoms with Gasteiger partial charge in [-0.15, -0.1) is 0 Å². The fourth-order valence-corrected chi connectivity index (χ4v) is 1.74. The van der Waals surface area contributed by atoms with E-state index in [1.165, 1.54) is 5.56 Å². The second kappa shape index (κ2) is 4.28. The number of rotatable bonds is 3. The van der Waals surface area contributed by atoms with Crippen LogP contribution in [0.5, 0.6) is 0 Å². The molecule has 3 nitrogen and oxygen atoms in total. The quantitative estimate of drug-likeness (QED) is 0.796. The lowest BCUT2D eigenvalue weighted by Crippen LogP contribution is -2.04. The van der Waals surface area contributed by atoms with Crippen LogP contribution >= 0.6 is 0 Å². The van der Waals surface area contributed by atoms with Crippen LogP contribution in [0.15, 0.2) is 30.3 Å². The molecule has 0 spiro atoms. The highest BCUT2D eigenvalue weighted by Crippen LogP contribution is 2.23. The first kappa shape index (κ1) is 9.93. The van der Waals surface area contributed by atoms with Crippen molar-refractivity contribution in [3.8, 4) is 11.3 Å². The molecule has 2 aromatic rings. The summed E-state index contributed by atoms with van der Waals surface area (Å²) in [5, 5.41) is 7.34. The molecule has 1 heterocycles. The van der Waals surface area contributed by atoms with Gasteiger partial charge in [-0.1, -0.05) is 30.3 Å². The van der Waals surface area contributed by atoms with Crippen LogP contribution in [-0.2, 0) is 6.42 Å². The third-order valence-electron chi connectivity index (χ3n) is 2.52. The molecule has 15 heavy (non-hydrogen) atoms. The fourth-order valence-electron chi connectivity index (χ4n) is 1.74. The normalized spacial score (nSPS) is 10.5. The molecule has 0 aliphatic carbocycles. The zero-order chi connectivity index (χ0) is 10.7. The Hall–Kier alpha value is -1.61. The molecule has 0 aliphatic heterocycles. The van der Waals surface area contributed by atoms with E-state index in [-0.39, 0.29) is 0 Å². The summed E-state index contributed by atoms with van der Waals surface area (Å²) in [5.41, 5.74) is 10.1. The van der Waals surface area contributed by atoms with E-state index < -0.39 is 0 Å². The van der Waals surface area contributed by atoms with Crippen molar-refractivity contribution in [2.75, 3.05) is 6.54 Å². The van der Waals surface area contributed by atoms with E-state index in [1.54, 1.807) is 0 Å². The Morgan fingerprint density at radius 1 is 1.27 bits per heavy atom. The van der Waals surface area contributed by atoms with Crippen molar-refractivity contribution in [2.45, 2.75) is 13.3 Å². The smallest absolute Gasteiger partial charge is 0.0955 e. The van der Waals surface area contributed by atoms with Crippen LogP contribution in [0.1, 0.15) is 11.3 Å². The first-order valence-corrected chi connectivity index (χ1v) is 5.12. The summed E-state index contributed by atoms with van der Waals surface area (Å²) in [7, 11) is 0.